The summed E-state index contributed by atoms with van der Waals surface area (Å²) < 4.78 is 5.11. The summed E-state index contributed by atoms with van der Waals surface area (Å²) in [6, 6.07) is 4.79. The summed E-state index contributed by atoms with van der Waals surface area (Å²) in [7, 11) is 0. The second-order valence-electron chi connectivity index (χ2n) is 5.18. The lowest BCUT2D eigenvalue weighted by molar-refractivity contribution is -0.145. The number of carbonyl (C=O) groups is 1. The molecule has 0 radical (unpaired) electrons. The molecule has 0 unspecified atom stereocenters. The summed E-state index contributed by atoms with van der Waals surface area (Å²) in [4.78, 5) is 12.0. The van der Waals surface area contributed by atoms with Crippen LogP contribution >= 0.6 is 0 Å². The van der Waals surface area contributed by atoms with Crippen molar-refractivity contribution in [3.05, 3.63) is 49.1 Å². The van der Waals surface area contributed by atoms with E-state index in [1.165, 1.54) is 6.08 Å². The van der Waals surface area contributed by atoms with Crippen LogP contribution in [-0.2, 0) is 16.0 Å². The molecule has 1 heterocycles. The zero-order chi connectivity index (χ0) is 17.2. The van der Waals surface area contributed by atoms with E-state index in [0.717, 1.165) is 24.1 Å². The molecule has 1 aromatic rings. The third-order valence-electron chi connectivity index (χ3n) is 3.49. The fourth-order valence-electron chi connectivity index (χ4n) is 2.49. The van der Waals surface area contributed by atoms with E-state index in [9.17, 15) is 9.90 Å². The fourth-order valence-corrected chi connectivity index (χ4v) is 2.49. The van der Waals surface area contributed by atoms with Gasteiger partial charge in [0.15, 0.2) is 0 Å². The summed E-state index contributed by atoms with van der Waals surface area (Å²) in [5.41, 5.74) is 1.91. The molecule has 5 heteroatoms. The number of rotatable bonds is 5. The zero-order valence-electron chi connectivity index (χ0n) is 13.5. The van der Waals surface area contributed by atoms with Gasteiger partial charge in [0, 0.05) is 5.69 Å². The largest absolute Gasteiger partial charge is 0.508 e. The number of carbonyl (C=O) groups excluding carboxylic acids is 1. The number of aliphatic hydroxyl groups is 1. The molecule has 0 saturated carbocycles. The van der Waals surface area contributed by atoms with Gasteiger partial charge in [-0.1, -0.05) is 12.2 Å². The van der Waals surface area contributed by atoms with Crippen molar-refractivity contribution in [3.8, 4) is 5.75 Å². The number of aromatic hydroxyl groups is 1. The van der Waals surface area contributed by atoms with Crippen LogP contribution < -0.4 is 5.32 Å². The normalized spacial score (nSPS) is 18.5. The van der Waals surface area contributed by atoms with E-state index in [1.54, 1.807) is 25.1 Å². The lowest BCUT2D eigenvalue weighted by Gasteiger charge is -2.32. The Hall–Kier alpha value is -2.27. The molecule has 0 bridgehead atoms. The van der Waals surface area contributed by atoms with Crippen LogP contribution in [0.3, 0.4) is 0 Å². The third-order valence-corrected chi connectivity index (χ3v) is 3.49. The highest BCUT2D eigenvalue weighted by molar-refractivity contribution is 5.81. The van der Waals surface area contributed by atoms with Gasteiger partial charge in [0.2, 0.25) is 0 Å². The van der Waals surface area contributed by atoms with Crippen LogP contribution in [0.25, 0.3) is 0 Å². The number of anilines is 1. The van der Waals surface area contributed by atoms with Crippen LogP contribution in [-0.4, -0.2) is 35.4 Å². The maximum absolute atomic E-state index is 12.0. The molecule has 3 N–H and O–H groups in total. The van der Waals surface area contributed by atoms with Crippen LogP contribution in [0.1, 0.15) is 18.9 Å². The minimum atomic E-state index is -0.352. The molecule has 0 aliphatic carbocycles. The summed E-state index contributed by atoms with van der Waals surface area (Å²) in [6.07, 6.45) is 4.70. The van der Waals surface area contributed by atoms with Crippen molar-refractivity contribution in [2.24, 2.45) is 5.92 Å². The maximum atomic E-state index is 12.0. The molecule has 2 rings (SSSR count). The van der Waals surface area contributed by atoms with Gasteiger partial charge in [0.1, 0.15) is 11.8 Å². The molecule has 126 valence electrons. The molecule has 0 spiro atoms. The van der Waals surface area contributed by atoms with Crippen LogP contribution in [0, 0.1) is 5.92 Å². The summed E-state index contributed by atoms with van der Waals surface area (Å²) in [6.45, 7) is 9.23. The predicted octanol–water partition coefficient (Wildman–Crippen LogP) is 2.65. The standard InChI is InChI=1S/C15H19NO3.C3H6O/c1-3-5-10-8-11-9-12(17)6-7-13(11)16-14(10)15(18)19-4-2;1-2-3-4/h3,6-7,9-10,14,16-17H,1,4-5,8H2,2H3;2,4H,1,3H2/t10-,14+;/m1./s1. The van der Waals surface area contributed by atoms with E-state index < -0.39 is 0 Å². The quantitative estimate of drug-likeness (QED) is 0.442. The van der Waals surface area contributed by atoms with E-state index in [2.05, 4.69) is 18.5 Å². The highest BCUT2D eigenvalue weighted by atomic mass is 16.5. The molecular weight excluding hydrogens is 294 g/mol. The summed E-state index contributed by atoms with van der Waals surface area (Å²) in [5, 5.41) is 20.5. The SMILES string of the molecule is C=CCO.C=CC[C@@H]1Cc2cc(O)ccc2N[C@@H]1C(=O)OCC. The highest BCUT2D eigenvalue weighted by Gasteiger charge is 2.33. The number of hydrogen-bond donors (Lipinski definition) is 3. The van der Waals surface area contributed by atoms with Crippen molar-refractivity contribution < 1.29 is 19.7 Å². The Morgan fingerprint density at radius 3 is 2.70 bits per heavy atom. The van der Waals surface area contributed by atoms with Gasteiger partial charge in [0.05, 0.1) is 13.2 Å². The Morgan fingerprint density at radius 1 is 1.43 bits per heavy atom. The van der Waals surface area contributed by atoms with E-state index in [4.69, 9.17) is 9.84 Å². The number of allylic oxidation sites excluding steroid dienone is 1. The Bertz CT molecular complexity index is 542. The van der Waals surface area contributed by atoms with Crippen molar-refractivity contribution in [2.45, 2.75) is 25.8 Å². The Labute approximate surface area is 137 Å². The first-order chi connectivity index (χ1) is 11.1. The first-order valence-electron chi connectivity index (χ1n) is 7.65. The second-order valence-corrected chi connectivity index (χ2v) is 5.18. The average Bonchev–Trinajstić information content (AvgIpc) is 2.55. The smallest absolute Gasteiger partial charge is 0.328 e. The monoisotopic (exact) mass is 319 g/mol. The van der Waals surface area contributed by atoms with Crippen LogP contribution in [0.2, 0.25) is 0 Å². The first kappa shape index (κ1) is 18.8. The molecule has 0 amide bonds. The summed E-state index contributed by atoms with van der Waals surface area (Å²) in [5.74, 6) is 0.117. The number of esters is 1. The van der Waals surface area contributed by atoms with Gasteiger partial charge in [-0.15, -0.1) is 13.2 Å². The number of nitrogens with one attached hydrogen (secondary N) is 1. The fraction of sp³-hybridized carbons (Fsp3) is 0.389. The van der Waals surface area contributed by atoms with Gasteiger partial charge in [-0.2, -0.15) is 0 Å². The maximum Gasteiger partial charge on any atom is 0.328 e. The van der Waals surface area contributed by atoms with E-state index in [1.807, 2.05) is 6.08 Å². The minimum Gasteiger partial charge on any atom is -0.508 e. The minimum absolute atomic E-state index is 0.0833. The van der Waals surface area contributed by atoms with Gasteiger partial charge in [0.25, 0.3) is 0 Å². The van der Waals surface area contributed by atoms with Crippen molar-refractivity contribution in [1.29, 1.82) is 0 Å². The molecule has 23 heavy (non-hydrogen) atoms. The van der Waals surface area contributed by atoms with Gasteiger partial charge < -0.3 is 20.3 Å². The number of phenols is 1. The van der Waals surface area contributed by atoms with Gasteiger partial charge in [-0.05, 0) is 49.4 Å². The second kappa shape index (κ2) is 9.69. The molecule has 1 aromatic carbocycles. The van der Waals surface area contributed by atoms with Crippen LogP contribution in [0.15, 0.2) is 43.5 Å². The van der Waals surface area contributed by atoms with Crippen molar-refractivity contribution >= 4 is 11.7 Å². The van der Waals surface area contributed by atoms with Crippen molar-refractivity contribution in [3.63, 3.8) is 0 Å². The molecule has 0 saturated heterocycles. The molecule has 1 aliphatic heterocycles. The van der Waals surface area contributed by atoms with Crippen molar-refractivity contribution in [2.75, 3.05) is 18.5 Å². The van der Waals surface area contributed by atoms with Gasteiger partial charge >= 0.3 is 5.97 Å². The average molecular weight is 319 g/mol. The summed E-state index contributed by atoms with van der Waals surface area (Å²) >= 11 is 0. The van der Waals surface area contributed by atoms with Crippen LogP contribution in [0.4, 0.5) is 5.69 Å². The topological polar surface area (TPSA) is 78.8 Å². The van der Waals surface area contributed by atoms with E-state index in [0.29, 0.717) is 6.61 Å². The number of hydrogen-bond acceptors (Lipinski definition) is 5. The highest BCUT2D eigenvalue weighted by Crippen LogP contribution is 2.33. The lowest BCUT2D eigenvalue weighted by Crippen LogP contribution is -2.42. The molecule has 1 aliphatic rings. The Morgan fingerprint density at radius 2 is 2.13 bits per heavy atom. The molecule has 0 aromatic heterocycles. The molecular formula is C18H25NO4. The number of phenolic OH excluding ortho intramolecular Hbond substituents is 1. The molecule has 2 atom stereocenters. The molecule has 5 nitrogen and oxygen atoms in total. The lowest BCUT2D eigenvalue weighted by atomic mass is 9.85. The predicted molar refractivity (Wildman–Crippen MR) is 91.4 cm³/mol. The third kappa shape index (κ3) is 5.45. The van der Waals surface area contributed by atoms with Gasteiger partial charge in [-0.25, -0.2) is 4.79 Å². The number of ether oxygens (including phenoxy) is 1. The number of benzene rings is 1. The zero-order valence-corrected chi connectivity index (χ0v) is 13.5. The van der Waals surface area contributed by atoms with E-state index >= 15 is 0 Å². The number of fused-ring (bicyclic) bond motifs is 1. The number of aliphatic hydroxyl groups excluding tert-OH is 1. The Kier molecular flexibility index (Phi) is 7.91. The van der Waals surface area contributed by atoms with Crippen molar-refractivity contribution in [1.82, 2.24) is 0 Å². The van der Waals surface area contributed by atoms with Gasteiger partial charge in [-0.3, -0.25) is 0 Å². The first-order valence-corrected chi connectivity index (χ1v) is 7.65. The molecule has 0 fully saturated rings. The van der Waals surface area contributed by atoms with Crippen LogP contribution in [0.5, 0.6) is 5.75 Å². The van der Waals surface area contributed by atoms with E-state index in [-0.39, 0.29) is 30.3 Å². The Balaban J connectivity index is 0.000000593.